The zero-order valence-electron chi connectivity index (χ0n) is 16.1. The first-order chi connectivity index (χ1) is 12.7. The van der Waals surface area contributed by atoms with E-state index < -0.39 is 35.7 Å². The summed E-state index contributed by atoms with van der Waals surface area (Å²) in [6.45, 7) is 3.70. The van der Waals surface area contributed by atoms with Crippen molar-refractivity contribution >= 4 is 23.5 Å². The van der Waals surface area contributed by atoms with E-state index in [1.165, 1.54) is 0 Å². The first-order valence-corrected chi connectivity index (χ1v) is 12.8. The summed E-state index contributed by atoms with van der Waals surface area (Å²) in [6, 6.07) is 9.84. The smallest absolute Gasteiger partial charge is 0.309 e. The maximum atomic E-state index is 13.0. The monoisotopic (exact) mass is 420 g/mol. The zero-order chi connectivity index (χ0) is 20.3. The van der Waals surface area contributed by atoms with Crippen LogP contribution in [0, 0.1) is 5.92 Å². The molecule has 9 heteroatoms. The van der Waals surface area contributed by atoms with Gasteiger partial charge in [-0.2, -0.15) is 8.42 Å². The number of hydrogen-bond donors (Lipinski definition) is 0. The molecule has 0 spiro atoms. The highest BCUT2D eigenvalue weighted by atomic mass is 32.2. The van der Waals surface area contributed by atoms with Gasteiger partial charge in [0.1, 0.15) is 6.35 Å². The van der Waals surface area contributed by atoms with Gasteiger partial charge < -0.3 is 9.26 Å². The quantitative estimate of drug-likeness (QED) is 0.274. The minimum Gasteiger partial charge on any atom is -0.466 e. The van der Waals surface area contributed by atoms with Crippen LogP contribution in [0.4, 0.5) is 0 Å². The van der Waals surface area contributed by atoms with Crippen molar-refractivity contribution in [2.75, 3.05) is 32.0 Å². The molecule has 7 nitrogen and oxygen atoms in total. The SMILES string of the molecule is CCOC(=O)C(CCCc1ccccc1)CP(=O)(COS(C)(=O)=O)OCC. The van der Waals surface area contributed by atoms with Gasteiger partial charge in [0, 0.05) is 6.16 Å². The molecule has 0 aromatic heterocycles. The van der Waals surface area contributed by atoms with Crippen molar-refractivity contribution in [1.29, 1.82) is 0 Å². The highest BCUT2D eigenvalue weighted by molar-refractivity contribution is 7.86. The molecule has 2 unspecified atom stereocenters. The van der Waals surface area contributed by atoms with E-state index in [-0.39, 0.29) is 19.4 Å². The molecule has 0 aliphatic heterocycles. The summed E-state index contributed by atoms with van der Waals surface area (Å²) in [7, 11) is -7.23. The van der Waals surface area contributed by atoms with E-state index in [2.05, 4.69) is 0 Å². The van der Waals surface area contributed by atoms with Gasteiger partial charge in [-0.05, 0) is 38.7 Å². The third-order valence-corrected chi connectivity index (χ3v) is 6.78. The second kappa shape index (κ2) is 11.6. The molecule has 27 heavy (non-hydrogen) atoms. The fourth-order valence-electron chi connectivity index (χ4n) is 2.63. The predicted octanol–water partition coefficient (Wildman–Crippen LogP) is 3.44. The van der Waals surface area contributed by atoms with Crippen molar-refractivity contribution in [2.24, 2.45) is 5.92 Å². The Morgan fingerprint density at radius 2 is 1.81 bits per heavy atom. The third kappa shape index (κ3) is 10.1. The lowest BCUT2D eigenvalue weighted by molar-refractivity contribution is -0.147. The Morgan fingerprint density at radius 3 is 2.37 bits per heavy atom. The average Bonchev–Trinajstić information content (AvgIpc) is 2.60. The molecule has 0 fully saturated rings. The van der Waals surface area contributed by atoms with Crippen LogP contribution in [-0.4, -0.2) is 46.4 Å². The fourth-order valence-corrected chi connectivity index (χ4v) is 5.80. The molecule has 2 atom stereocenters. The van der Waals surface area contributed by atoms with E-state index in [1.54, 1.807) is 13.8 Å². The molecule has 154 valence electrons. The molecule has 0 amide bonds. The predicted molar refractivity (Wildman–Crippen MR) is 104 cm³/mol. The van der Waals surface area contributed by atoms with Crippen LogP contribution in [0.25, 0.3) is 0 Å². The van der Waals surface area contributed by atoms with Crippen LogP contribution in [-0.2, 0) is 39.3 Å². The topological polar surface area (TPSA) is 96.0 Å². The summed E-state index contributed by atoms with van der Waals surface area (Å²) in [5, 5.41) is 0. The Balaban J connectivity index is 2.79. The van der Waals surface area contributed by atoms with Crippen molar-refractivity contribution in [3.05, 3.63) is 35.9 Å². The molecule has 0 aliphatic rings. The van der Waals surface area contributed by atoms with E-state index in [0.717, 1.165) is 18.2 Å². The molecule has 1 aromatic rings. The van der Waals surface area contributed by atoms with E-state index in [0.29, 0.717) is 12.8 Å². The van der Waals surface area contributed by atoms with E-state index >= 15 is 0 Å². The van der Waals surface area contributed by atoms with Crippen LogP contribution in [0.3, 0.4) is 0 Å². The van der Waals surface area contributed by atoms with Gasteiger partial charge in [-0.25, -0.2) is 0 Å². The van der Waals surface area contributed by atoms with Gasteiger partial charge in [0.2, 0.25) is 7.37 Å². The van der Waals surface area contributed by atoms with Crippen LogP contribution < -0.4 is 0 Å². The number of esters is 1. The van der Waals surface area contributed by atoms with Crippen molar-refractivity contribution in [2.45, 2.75) is 33.1 Å². The molecule has 0 bridgehead atoms. The van der Waals surface area contributed by atoms with Crippen molar-refractivity contribution in [3.8, 4) is 0 Å². The van der Waals surface area contributed by atoms with Crippen LogP contribution in [0.15, 0.2) is 30.3 Å². The van der Waals surface area contributed by atoms with Gasteiger partial charge in [-0.1, -0.05) is 30.3 Å². The second-order valence-electron chi connectivity index (χ2n) is 6.19. The minimum absolute atomic E-state index is 0.107. The lowest BCUT2D eigenvalue weighted by Crippen LogP contribution is -2.23. The van der Waals surface area contributed by atoms with E-state index in [1.807, 2.05) is 30.3 Å². The molecule has 0 saturated heterocycles. The first kappa shape index (κ1) is 23.8. The Labute approximate surface area is 162 Å². The summed E-state index contributed by atoms with van der Waals surface area (Å²) in [4.78, 5) is 12.3. The Bertz CT molecular complexity index is 718. The van der Waals surface area contributed by atoms with Gasteiger partial charge in [0.15, 0.2) is 0 Å². The highest BCUT2D eigenvalue weighted by Gasteiger charge is 2.33. The Kier molecular flexibility index (Phi) is 10.2. The average molecular weight is 420 g/mol. The molecule has 0 aliphatic carbocycles. The van der Waals surface area contributed by atoms with Gasteiger partial charge in [0.05, 0.1) is 25.4 Å². The fraction of sp³-hybridized carbons (Fsp3) is 0.611. The molecule has 1 rings (SSSR count). The zero-order valence-corrected chi connectivity index (χ0v) is 17.8. The third-order valence-electron chi connectivity index (χ3n) is 3.81. The molecular formula is C18H29O7PS. The summed E-state index contributed by atoms with van der Waals surface area (Å²) >= 11 is 0. The maximum absolute atomic E-state index is 13.0. The lowest BCUT2D eigenvalue weighted by Gasteiger charge is -2.22. The van der Waals surface area contributed by atoms with Crippen molar-refractivity contribution in [1.82, 2.24) is 0 Å². The van der Waals surface area contributed by atoms with E-state index in [4.69, 9.17) is 13.4 Å². The van der Waals surface area contributed by atoms with Crippen LogP contribution >= 0.6 is 7.37 Å². The first-order valence-electron chi connectivity index (χ1n) is 8.96. The molecule has 0 radical (unpaired) electrons. The van der Waals surface area contributed by atoms with Crippen LogP contribution in [0.5, 0.6) is 0 Å². The largest absolute Gasteiger partial charge is 0.466 e. The minimum atomic E-state index is -3.76. The number of aryl methyl sites for hydroxylation is 1. The summed E-state index contributed by atoms with van der Waals surface area (Å²) < 4.78 is 50.6. The summed E-state index contributed by atoms with van der Waals surface area (Å²) in [5.41, 5.74) is 1.15. The summed E-state index contributed by atoms with van der Waals surface area (Å²) in [5.74, 6) is -1.10. The van der Waals surface area contributed by atoms with E-state index in [9.17, 15) is 17.8 Å². The van der Waals surface area contributed by atoms with Gasteiger partial charge in [0.25, 0.3) is 10.1 Å². The number of hydrogen-bond acceptors (Lipinski definition) is 7. The van der Waals surface area contributed by atoms with Crippen molar-refractivity contribution < 1.29 is 31.2 Å². The van der Waals surface area contributed by atoms with Crippen LogP contribution in [0.2, 0.25) is 0 Å². The van der Waals surface area contributed by atoms with Gasteiger partial charge in [-0.15, -0.1) is 0 Å². The van der Waals surface area contributed by atoms with Gasteiger partial charge in [-0.3, -0.25) is 13.5 Å². The standard InChI is InChI=1S/C18H29O7PS/c1-4-23-18(19)17(13-9-12-16-10-7-6-8-11-16)14-26(20,24-5-2)15-25-27(3,21)22/h6-8,10-11,17H,4-5,9,12-15H2,1-3H3. The summed E-state index contributed by atoms with van der Waals surface area (Å²) in [6.07, 6.45) is 2.13. The number of benzene rings is 1. The van der Waals surface area contributed by atoms with Crippen LogP contribution in [0.1, 0.15) is 32.3 Å². The normalized spacial score (nSPS) is 15.1. The van der Waals surface area contributed by atoms with Crippen molar-refractivity contribution in [3.63, 3.8) is 0 Å². The number of rotatable bonds is 13. The molecule has 0 saturated carbocycles. The molecular weight excluding hydrogens is 391 g/mol. The molecule has 0 N–H and O–H groups in total. The number of ether oxygens (including phenoxy) is 1. The van der Waals surface area contributed by atoms with Gasteiger partial charge >= 0.3 is 5.97 Å². The number of carbonyl (C=O) groups is 1. The Morgan fingerprint density at radius 1 is 1.15 bits per heavy atom. The maximum Gasteiger partial charge on any atom is 0.309 e. The Hall–Kier alpha value is -1.21. The molecule has 1 aromatic carbocycles. The molecule has 0 heterocycles. The lowest BCUT2D eigenvalue weighted by atomic mass is 10.0. The second-order valence-corrected chi connectivity index (χ2v) is 10.3. The number of carbonyl (C=O) groups excluding carboxylic acids is 1. The highest BCUT2D eigenvalue weighted by Crippen LogP contribution is 2.49.